The topological polar surface area (TPSA) is 44.7 Å². The fraction of sp³-hybridized carbons (Fsp3) is 0.360. The molecule has 0 spiro atoms. The molecule has 2 atom stereocenters. The fourth-order valence-electron chi connectivity index (χ4n) is 4.31. The van der Waals surface area contributed by atoms with Gasteiger partial charge in [0.15, 0.2) is 0 Å². The van der Waals surface area contributed by atoms with Crippen molar-refractivity contribution in [1.29, 1.82) is 0 Å². The maximum Gasteiger partial charge on any atom is 0.243 e. The molecule has 2 heterocycles. The summed E-state index contributed by atoms with van der Waals surface area (Å²) in [4.78, 5) is 19.4. The number of hydrogen-bond donors (Lipinski definition) is 1. The van der Waals surface area contributed by atoms with Crippen molar-refractivity contribution in [2.24, 2.45) is 10.9 Å². The molecule has 1 fully saturated rings. The molecule has 0 aromatic heterocycles. The lowest BCUT2D eigenvalue weighted by Crippen LogP contribution is -2.19. The summed E-state index contributed by atoms with van der Waals surface area (Å²) in [5, 5.41) is 3.36. The predicted octanol–water partition coefficient (Wildman–Crippen LogP) is 4.64. The second kappa shape index (κ2) is 9.05. The van der Waals surface area contributed by atoms with Crippen molar-refractivity contribution >= 4 is 28.9 Å². The zero-order chi connectivity index (χ0) is 21.1. The Morgan fingerprint density at radius 2 is 1.90 bits per heavy atom. The van der Waals surface area contributed by atoms with Crippen molar-refractivity contribution in [1.82, 2.24) is 5.32 Å². The van der Waals surface area contributed by atoms with Gasteiger partial charge in [-0.2, -0.15) is 0 Å². The van der Waals surface area contributed by atoms with Gasteiger partial charge in [-0.3, -0.25) is 9.79 Å². The van der Waals surface area contributed by atoms with Crippen molar-refractivity contribution < 1.29 is 4.79 Å². The molecular formula is C25H28ClN3O. The summed E-state index contributed by atoms with van der Waals surface area (Å²) in [6, 6.07) is 14.6. The summed E-state index contributed by atoms with van der Waals surface area (Å²) in [5.74, 6) is 0.173. The lowest BCUT2D eigenvalue weighted by Gasteiger charge is -2.20. The highest BCUT2D eigenvalue weighted by molar-refractivity contribution is 6.30. The highest BCUT2D eigenvalue weighted by atomic mass is 35.5. The van der Waals surface area contributed by atoms with Crippen LogP contribution in [0.3, 0.4) is 0 Å². The first-order valence-corrected chi connectivity index (χ1v) is 11.0. The second-order valence-corrected chi connectivity index (χ2v) is 8.60. The number of benzene rings is 2. The lowest BCUT2D eigenvalue weighted by atomic mass is 9.91. The van der Waals surface area contributed by atoms with Gasteiger partial charge in [0.05, 0.1) is 11.8 Å². The first-order valence-electron chi connectivity index (χ1n) is 10.7. The van der Waals surface area contributed by atoms with E-state index < -0.39 is 0 Å². The molecule has 1 amide bonds. The second-order valence-electron chi connectivity index (χ2n) is 8.17. The summed E-state index contributed by atoms with van der Waals surface area (Å²) < 4.78 is 0. The van der Waals surface area contributed by atoms with Crippen LogP contribution in [0.25, 0.3) is 0 Å². The van der Waals surface area contributed by atoms with Crippen LogP contribution in [0, 0.1) is 5.92 Å². The molecule has 5 heteroatoms. The Labute approximate surface area is 183 Å². The van der Waals surface area contributed by atoms with E-state index in [0.717, 1.165) is 30.8 Å². The van der Waals surface area contributed by atoms with Crippen LogP contribution in [0.2, 0.25) is 5.02 Å². The van der Waals surface area contributed by atoms with Gasteiger partial charge in [0.1, 0.15) is 0 Å². The molecule has 30 heavy (non-hydrogen) atoms. The molecule has 2 aliphatic heterocycles. The van der Waals surface area contributed by atoms with Gasteiger partial charge in [-0.15, -0.1) is 0 Å². The highest BCUT2D eigenvalue weighted by Gasteiger charge is 2.25. The summed E-state index contributed by atoms with van der Waals surface area (Å²) in [6.45, 7) is 4.47. The standard InChI is InChI=1S/C25H28ClN3O/c1-17-15-19-16-21(29-13-3-4-14-29)9-10-22(19)25(18-5-7-20(26)8-6-18)28-23(17)11-12-24(30)27-2/h5-12,16-17,23H,3-4,13-15H2,1-2H3,(H,27,30)/b12-11+. The van der Waals surface area contributed by atoms with Crippen molar-refractivity contribution in [2.45, 2.75) is 32.2 Å². The number of amides is 1. The third-order valence-electron chi connectivity index (χ3n) is 6.03. The van der Waals surface area contributed by atoms with Gasteiger partial charge in [-0.25, -0.2) is 0 Å². The quantitative estimate of drug-likeness (QED) is 0.731. The number of nitrogens with one attached hydrogen (secondary N) is 1. The van der Waals surface area contributed by atoms with Crippen LogP contribution in [-0.4, -0.2) is 37.8 Å². The number of halogens is 1. The van der Waals surface area contributed by atoms with Gasteiger partial charge in [0.25, 0.3) is 0 Å². The van der Waals surface area contributed by atoms with E-state index in [9.17, 15) is 4.79 Å². The Hall–Kier alpha value is -2.59. The Morgan fingerprint density at radius 1 is 1.17 bits per heavy atom. The van der Waals surface area contributed by atoms with E-state index in [0.29, 0.717) is 5.02 Å². The zero-order valence-corrected chi connectivity index (χ0v) is 18.3. The number of anilines is 1. The van der Waals surface area contributed by atoms with E-state index in [1.165, 1.54) is 29.7 Å². The minimum Gasteiger partial charge on any atom is -0.372 e. The first kappa shape index (κ1) is 20.7. The summed E-state index contributed by atoms with van der Waals surface area (Å²) >= 11 is 6.13. The molecule has 0 bridgehead atoms. The van der Waals surface area contributed by atoms with Gasteiger partial charge in [0.2, 0.25) is 5.91 Å². The Balaban J connectivity index is 1.78. The van der Waals surface area contributed by atoms with Crippen LogP contribution in [0.4, 0.5) is 5.69 Å². The van der Waals surface area contributed by atoms with Crippen LogP contribution in [0.5, 0.6) is 0 Å². The summed E-state index contributed by atoms with van der Waals surface area (Å²) in [5.41, 5.74) is 5.79. The molecule has 0 saturated carbocycles. The number of hydrogen-bond acceptors (Lipinski definition) is 3. The van der Waals surface area contributed by atoms with Crippen LogP contribution >= 0.6 is 11.6 Å². The molecule has 2 aliphatic rings. The SMILES string of the molecule is CNC(=O)/C=C/C1N=C(c2ccc(Cl)cc2)c2ccc(N3CCCC3)cc2CC1C. The number of nitrogens with zero attached hydrogens (tertiary/aromatic N) is 2. The van der Waals surface area contributed by atoms with E-state index >= 15 is 0 Å². The fourth-order valence-corrected chi connectivity index (χ4v) is 4.43. The van der Waals surface area contributed by atoms with Gasteiger partial charge in [-0.05, 0) is 55.0 Å². The molecule has 1 saturated heterocycles. The average molecular weight is 422 g/mol. The maximum atomic E-state index is 11.8. The van der Waals surface area contributed by atoms with Crippen LogP contribution in [0.15, 0.2) is 59.6 Å². The number of likely N-dealkylation sites (N-methyl/N-ethyl adjacent to an activating group) is 1. The molecule has 1 N–H and O–H groups in total. The largest absolute Gasteiger partial charge is 0.372 e. The van der Waals surface area contributed by atoms with Crippen LogP contribution in [-0.2, 0) is 11.2 Å². The van der Waals surface area contributed by atoms with Crippen molar-refractivity contribution in [3.05, 3.63) is 76.3 Å². The number of carbonyl (C=O) groups excluding carboxylic acids is 1. The Bertz CT molecular complexity index is 974. The Kier molecular flexibility index (Phi) is 6.24. The van der Waals surface area contributed by atoms with Gasteiger partial charge in [0, 0.05) is 48.1 Å². The zero-order valence-electron chi connectivity index (χ0n) is 17.6. The molecule has 4 rings (SSSR count). The normalized spacial score (nSPS) is 21.3. The van der Waals surface area contributed by atoms with E-state index in [1.807, 2.05) is 30.3 Å². The van der Waals surface area contributed by atoms with E-state index in [2.05, 4.69) is 35.3 Å². The van der Waals surface area contributed by atoms with Crippen molar-refractivity contribution in [3.8, 4) is 0 Å². The van der Waals surface area contributed by atoms with E-state index in [-0.39, 0.29) is 17.9 Å². The number of aliphatic imine (C=N–C) groups is 1. The first-order chi connectivity index (χ1) is 14.5. The smallest absolute Gasteiger partial charge is 0.243 e. The third-order valence-corrected chi connectivity index (χ3v) is 6.28. The number of rotatable bonds is 4. The molecular weight excluding hydrogens is 394 g/mol. The van der Waals surface area contributed by atoms with Crippen molar-refractivity contribution in [3.63, 3.8) is 0 Å². The third kappa shape index (κ3) is 4.44. The van der Waals surface area contributed by atoms with Gasteiger partial charge < -0.3 is 10.2 Å². The van der Waals surface area contributed by atoms with Gasteiger partial charge in [-0.1, -0.05) is 42.8 Å². The minimum absolute atomic E-state index is 0.0735. The molecule has 156 valence electrons. The molecule has 0 radical (unpaired) electrons. The van der Waals surface area contributed by atoms with Crippen molar-refractivity contribution in [2.75, 3.05) is 25.0 Å². The van der Waals surface area contributed by atoms with Crippen LogP contribution < -0.4 is 10.2 Å². The number of carbonyl (C=O) groups is 1. The summed E-state index contributed by atoms with van der Waals surface area (Å²) in [6.07, 6.45) is 6.96. The predicted molar refractivity (Wildman–Crippen MR) is 125 cm³/mol. The number of fused-ring (bicyclic) bond motifs is 1. The molecule has 4 nitrogen and oxygen atoms in total. The molecule has 2 aromatic rings. The Morgan fingerprint density at radius 3 is 2.60 bits per heavy atom. The lowest BCUT2D eigenvalue weighted by molar-refractivity contribution is -0.116. The van der Waals surface area contributed by atoms with E-state index in [1.54, 1.807) is 13.1 Å². The molecule has 2 aromatic carbocycles. The molecule has 2 unspecified atom stereocenters. The van der Waals surface area contributed by atoms with Gasteiger partial charge >= 0.3 is 0 Å². The highest BCUT2D eigenvalue weighted by Crippen LogP contribution is 2.31. The minimum atomic E-state index is -0.108. The average Bonchev–Trinajstić information content (AvgIpc) is 3.25. The van der Waals surface area contributed by atoms with Crippen LogP contribution in [0.1, 0.15) is 36.5 Å². The molecule has 0 aliphatic carbocycles. The van der Waals surface area contributed by atoms with E-state index in [4.69, 9.17) is 16.6 Å². The summed E-state index contributed by atoms with van der Waals surface area (Å²) in [7, 11) is 1.64. The monoisotopic (exact) mass is 421 g/mol. The maximum absolute atomic E-state index is 11.8.